The Hall–Kier alpha value is -1.77. The summed E-state index contributed by atoms with van der Waals surface area (Å²) in [6.07, 6.45) is -4.59. The minimum Gasteiger partial charge on any atom is -0.384 e. The van der Waals surface area contributed by atoms with Crippen LogP contribution in [0.15, 0.2) is 18.2 Å². The van der Waals surface area contributed by atoms with Crippen LogP contribution in [0.25, 0.3) is 0 Å². The molecule has 0 atom stereocenters. The van der Waals surface area contributed by atoms with Crippen LogP contribution < -0.4 is 10.6 Å². The zero-order chi connectivity index (χ0) is 15.8. The molecule has 3 N–H and O–H groups in total. The number of nitrogens with zero attached hydrogens (tertiary/aromatic N) is 1. The van der Waals surface area contributed by atoms with Crippen LogP contribution in [0.4, 0.5) is 18.9 Å². The Bertz CT molecular complexity index is 657. The number of halogens is 3. The van der Waals surface area contributed by atoms with Gasteiger partial charge < -0.3 is 10.6 Å². The largest absolute Gasteiger partial charge is 0.417 e. The molecule has 0 unspecified atom stereocenters. The molecule has 2 rings (SSSR count). The minimum absolute atomic E-state index is 0.0383. The van der Waals surface area contributed by atoms with Crippen molar-refractivity contribution in [2.45, 2.75) is 6.18 Å². The first-order valence-corrected chi connectivity index (χ1v) is 7.93. The first-order valence-electron chi connectivity index (χ1n) is 6.11. The van der Waals surface area contributed by atoms with E-state index in [4.69, 9.17) is 11.1 Å². The molecule has 21 heavy (non-hydrogen) atoms. The van der Waals surface area contributed by atoms with E-state index in [0.29, 0.717) is 5.69 Å². The van der Waals surface area contributed by atoms with Crippen LogP contribution in [-0.2, 0) is 16.0 Å². The molecule has 0 spiro atoms. The molecule has 0 aromatic heterocycles. The summed E-state index contributed by atoms with van der Waals surface area (Å²) in [6.45, 7) is 0.427. The third kappa shape index (κ3) is 3.46. The number of rotatable bonds is 2. The Morgan fingerprint density at radius 1 is 1.24 bits per heavy atom. The van der Waals surface area contributed by atoms with Crippen molar-refractivity contribution in [1.29, 1.82) is 5.41 Å². The maximum Gasteiger partial charge on any atom is 0.417 e. The van der Waals surface area contributed by atoms with Gasteiger partial charge in [-0.3, -0.25) is 5.41 Å². The van der Waals surface area contributed by atoms with Gasteiger partial charge in [0.25, 0.3) is 0 Å². The quantitative estimate of drug-likeness (QED) is 0.633. The number of alkyl halides is 3. The monoisotopic (exact) mass is 321 g/mol. The molecule has 1 aromatic rings. The van der Waals surface area contributed by atoms with Crippen LogP contribution in [0.3, 0.4) is 0 Å². The van der Waals surface area contributed by atoms with Gasteiger partial charge in [-0.2, -0.15) is 13.2 Å². The molecule has 0 amide bonds. The van der Waals surface area contributed by atoms with Crippen molar-refractivity contribution in [3.63, 3.8) is 0 Å². The number of sulfone groups is 1. The van der Waals surface area contributed by atoms with Gasteiger partial charge in [-0.05, 0) is 18.2 Å². The van der Waals surface area contributed by atoms with Crippen molar-refractivity contribution in [1.82, 2.24) is 0 Å². The Kier molecular flexibility index (Phi) is 3.87. The predicted octanol–water partition coefficient (Wildman–Crippen LogP) is 1.22. The summed E-state index contributed by atoms with van der Waals surface area (Å²) in [5.74, 6) is -0.749. The first kappa shape index (κ1) is 15.6. The molecule has 0 bridgehead atoms. The van der Waals surface area contributed by atoms with Crippen LogP contribution in [0.2, 0.25) is 0 Å². The Morgan fingerprint density at radius 2 is 1.81 bits per heavy atom. The average molecular weight is 321 g/mol. The van der Waals surface area contributed by atoms with Gasteiger partial charge in [-0.25, -0.2) is 8.42 Å². The van der Waals surface area contributed by atoms with Crippen LogP contribution in [0, 0.1) is 5.41 Å². The molecule has 0 saturated carbocycles. The summed E-state index contributed by atoms with van der Waals surface area (Å²) in [5, 5.41) is 7.29. The first-order chi connectivity index (χ1) is 9.60. The molecule has 1 saturated heterocycles. The van der Waals surface area contributed by atoms with Gasteiger partial charge in [0.15, 0.2) is 9.84 Å². The fourth-order valence-corrected chi connectivity index (χ4v) is 3.37. The zero-order valence-corrected chi connectivity index (χ0v) is 11.8. The highest BCUT2D eigenvalue weighted by atomic mass is 32.2. The summed E-state index contributed by atoms with van der Waals surface area (Å²) < 4.78 is 61.2. The number of nitrogens with one attached hydrogen (secondary N) is 1. The van der Waals surface area contributed by atoms with E-state index in [1.54, 1.807) is 4.90 Å². The number of amidine groups is 1. The summed E-state index contributed by atoms with van der Waals surface area (Å²) >= 11 is 0. The van der Waals surface area contributed by atoms with E-state index < -0.39 is 33.0 Å². The molecule has 1 aliphatic rings. The Labute approximate surface area is 120 Å². The third-order valence-electron chi connectivity index (χ3n) is 3.31. The van der Waals surface area contributed by atoms with E-state index in [0.717, 1.165) is 6.07 Å². The van der Waals surface area contributed by atoms with Gasteiger partial charge in [-0.1, -0.05) is 0 Å². The maximum absolute atomic E-state index is 12.8. The molecule has 9 heteroatoms. The van der Waals surface area contributed by atoms with E-state index in [9.17, 15) is 21.6 Å². The van der Waals surface area contributed by atoms with E-state index in [1.165, 1.54) is 12.1 Å². The third-order valence-corrected chi connectivity index (χ3v) is 4.92. The second-order valence-electron chi connectivity index (χ2n) is 4.78. The highest BCUT2D eigenvalue weighted by molar-refractivity contribution is 7.91. The number of hydrogen-bond acceptors (Lipinski definition) is 4. The van der Waals surface area contributed by atoms with E-state index in [2.05, 4.69) is 0 Å². The Balaban J connectivity index is 2.35. The SMILES string of the molecule is N=C(N)c1cc(N2CCS(=O)(=O)CC2)ccc1C(F)(F)F. The molecule has 5 nitrogen and oxygen atoms in total. The molecule has 1 fully saturated rings. The van der Waals surface area contributed by atoms with Crippen molar-refractivity contribution in [2.24, 2.45) is 5.73 Å². The second-order valence-corrected chi connectivity index (χ2v) is 7.08. The molecule has 1 aliphatic heterocycles. The summed E-state index contributed by atoms with van der Waals surface area (Å²) in [7, 11) is -3.07. The topological polar surface area (TPSA) is 87.2 Å². The van der Waals surface area contributed by atoms with Crippen LogP contribution in [-0.4, -0.2) is 38.8 Å². The number of anilines is 1. The Morgan fingerprint density at radius 3 is 2.29 bits per heavy atom. The van der Waals surface area contributed by atoms with E-state index in [1.807, 2.05) is 0 Å². The van der Waals surface area contributed by atoms with Crippen LogP contribution >= 0.6 is 0 Å². The molecular weight excluding hydrogens is 307 g/mol. The molecule has 1 heterocycles. The number of nitrogens with two attached hydrogens (primary N) is 1. The number of hydrogen-bond donors (Lipinski definition) is 2. The van der Waals surface area contributed by atoms with Gasteiger partial charge in [0.2, 0.25) is 0 Å². The zero-order valence-electron chi connectivity index (χ0n) is 10.9. The molecule has 1 aromatic carbocycles. The maximum atomic E-state index is 12.8. The van der Waals surface area contributed by atoms with Gasteiger partial charge in [-0.15, -0.1) is 0 Å². The smallest absolute Gasteiger partial charge is 0.384 e. The number of nitrogen functional groups attached to an aromatic ring is 1. The lowest BCUT2D eigenvalue weighted by molar-refractivity contribution is -0.137. The van der Waals surface area contributed by atoms with Crippen molar-refractivity contribution in [3.8, 4) is 0 Å². The normalized spacial score (nSPS) is 18.5. The summed E-state index contributed by atoms with van der Waals surface area (Å²) in [4.78, 5) is 1.67. The minimum atomic E-state index is -4.59. The van der Waals surface area contributed by atoms with Gasteiger partial charge in [0.1, 0.15) is 5.84 Å². The van der Waals surface area contributed by atoms with E-state index in [-0.39, 0.29) is 24.6 Å². The van der Waals surface area contributed by atoms with Gasteiger partial charge in [0, 0.05) is 24.3 Å². The highest BCUT2D eigenvalue weighted by Gasteiger charge is 2.34. The summed E-state index contributed by atoms with van der Waals surface area (Å²) in [5.41, 5.74) is 4.29. The van der Waals surface area contributed by atoms with E-state index >= 15 is 0 Å². The lowest BCUT2D eigenvalue weighted by Gasteiger charge is -2.29. The lowest BCUT2D eigenvalue weighted by atomic mass is 10.0. The second kappa shape index (κ2) is 5.21. The van der Waals surface area contributed by atoms with Crippen molar-refractivity contribution in [3.05, 3.63) is 29.3 Å². The van der Waals surface area contributed by atoms with Gasteiger partial charge >= 0.3 is 6.18 Å². The molecule has 0 radical (unpaired) electrons. The molecule has 116 valence electrons. The lowest BCUT2D eigenvalue weighted by Crippen LogP contribution is -2.40. The standard InChI is InChI=1S/C12H14F3N3O2S/c13-12(14,15)10-2-1-8(7-9(10)11(16)17)18-3-5-21(19,20)6-4-18/h1-2,7H,3-6H2,(H3,16,17). The van der Waals surface area contributed by atoms with Crippen molar-refractivity contribution in [2.75, 3.05) is 29.5 Å². The van der Waals surface area contributed by atoms with Crippen LogP contribution in [0.1, 0.15) is 11.1 Å². The molecular formula is C12H14F3N3O2S. The summed E-state index contributed by atoms with van der Waals surface area (Å²) in [6, 6.07) is 3.32. The van der Waals surface area contributed by atoms with Crippen LogP contribution in [0.5, 0.6) is 0 Å². The van der Waals surface area contributed by atoms with Crippen molar-refractivity contribution >= 4 is 21.4 Å². The highest BCUT2D eigenvalue weighted by Crippen LogP contribution is 2.34. The average Bonchev–Trinajstić information content (AvgIpc) is 2.37. The fraction of sp³-hybridized carbons (Fsp3) is 0.417. The predicted molar refractivity (Wildman–Crippen MR) is 73.3 cm³/mol. The number of benzene rings is 1. The van der Waals surface area contributed by atoms with Crippen molar-refractivity contribution < 1.29 is 21.6 Å². The van der Waals surface area contributed by atoms with Gasteiger partial charge in [0.05, 0.1) is 17.1 Å². The molecule has 0 aliphatic carbocycles. The fourth-order valence-electron chi connectivity index (χ4n) is 2.17.